The molecule has 1 unspecified atom stereocenters. The highest BCUT2D eigenvalue weighted by Crippen LogP contribution is 2.18. The second-order valence-corrected chi connectivity index (χ2v) is 4.96. The predicted octanol–water partition coefficient (Wildman–Crippen LogP) is 1.70. The molecular weight excluding hydrogens is 266 g/mol. The molecule has 0 aliphatic carbocycles. The van der Waals surface area contributed by atoms with Gasteiger partial charge in [-0.1, -0.05) is 28.9 Å². The third-order valence-electron chi connectivity index (χ3n) is 3.17. The van der Waals surface area contributed by atoms with Gasteiger partial charge in [0.1, 0.15) is 0 Å². The lowest BCUT2D eigenvalue weighted by Gasteiger charge is -2.12. The summed E-state index contributed by atoms with van der Waals surface area (Å²) in [7, 11) is 0. The van der Waals surface area contributed by atoms with Crippen LogP contribution in [0.15, 0.2) is 23.4 Å². The molecule has 1 fully saturated rings. The third kappa shape index (κ3) is 3.83. The molecule has 1 aliphatic heterocycles. The van der Waals surface area contributed by atoms with Gasteiger partial charge in [-0.2, -0.15) is 0 Å². The van der Waals surface area contributed by atoms with Crippen molar-refractivity contribution in [2.45, 2.75) is 25.5 Å². The summed E-state index contributed by atoms with van der Waals surface area (Å²) in [5.41, 5.74) is 7.09. The average Bonchev–Trinajstić information content (AvgIpc) is 2.93. The molecule has 6 heteroatoms. The van der Waals surface area contributed by atoms with Gasteiger partial charge in [-0.15, -0.1) is 0 Å². The standard InChI is InChI=1S/C13H18ClN3O2/c14-12-6-9(13(15)17-18)3-4-10(12)7-16-8-11-2-1-5-19-11/h3-4,6,11,16,18H,1-2,5,7-8H2,(H2,15,17). The largest absolute Gasteiger partial charge is 0.409 e. The fourth-order valence-electron chi connectivity index (χ4n) is 2.08. The Kier molecular flexibility index (Phi) is 5.01. The molecule has 0 saturated carbocycles. The summed E-state index contributed by atoms with van der Waals surface area (Å²) < 4.78 is 5.53. The van der Waals surface area contributed by atoms with Crippen molar-refractivity contribution in [2.24, 2.45) is 10.9 Å². The molecule has 1 saturated heterocycles. The van der Waals surface area contributed by atoms with Crippen molar-refractivity contribution in [3.8, 4) is 0 Å². The van der Waals surface area contributed by atoms with Crippen LogP contribution >= 0.6 is 11.6 Å². The van der Waals surface area contributed by atoms with Gasteiger partial charge < -0.3 is 21.0 Å². The maximum absolute atomic E-state index is 8.60. The van der Waals surface area contributed by atoms with E-state index < -0.39 is 0 Å². The summed E-state index contributed by atoms with van der Waals surface area (Å²) in [5, 5.41) is 15.5. The topological polar surface area (TPSA) is 79.9 Å². The third-order valence-corrected chi connectivity index (χ3v) is 3.52. The Balaban J connectivity index is 1.89. The molecule has 1 atom stereocenters. The zero-order chi connectivity index (χ0) is 13.7. The number of oxime groups is 1. The number of benzene rings is 1. The number of nitrogens with two attached hydrogens (primary N) is 1. The highest BCUT2D eigenvalue weighted by Gasteiger charge is 2.14. The van der Waals surface area contributed by atoms with Crippen LogP contribution in [-0.4, -0.2) is 30.3 Å². The predicted molar refractivity (Wildman–Crippen MR) is 74.6 cm³/mol. The highest BCUT2D eigenvalue weighted by atomic mass is 35.5. The lowest BCUT2D eigenvalue weighted by atomic mass is 10.1. The first kappa shape index (κ1) is 14.1. The lowest BCUT2D eigenvalue weighted by Crippen LogP contribution is -2.26. The van der Waals surface area contributed by atoms with Gasteiger partial charge >= 0.3 is 0 Å². The molecule has 1 heterocycles. The number of ether oxygens (including phenoxy) is 1. The normalized spacial score (nSPS) is 19.8. The molecule has 4 N–H and O–H groups in total. The van der Waals surface area contributed by atoms with Crippen molar-refractivity contribution in [2.75, 3.05) is 13.2 Å². The Morgan fingerprint density at radius 3 is 3.05 bits per heavy atom. The minimum atomic E-state index is 0.0563. The molecular formula is C13H18ClN3O2. The summed E-state index contributed by atoms with van der Waals surface area (Å²) in [4.78, 5) is 0. The first-order valence-electron chi connectivity index (χ1n) is 6.29. The van der Waals surface area contributed by atoms with Gasteiger partial charge in [0.25, 0.3) is 0 Å². The minimum absolute atomic E-state index is 0.0563. The van der Waals surface area contributed by atoms with Crippen LogP contribution in [0.5, 0.6) is 0 Å². The first-order chi connectivity index (χ1) is 9.20. The molecule has 5 nitrogen and oxygen atoms in total. The van der Waals surface area contributed by atoms with E-state index in [1.807, 2.05) is 6.07 Å². The van der Waals surface area contributed by atoms with Gasteiger partial charge in [-0.3, -0.25) is 0 Å². The second kappa shape index (κ2) is 6.75. The van der Waals surface area contributed by atoms with E-state index in [1.165, 1.54) is 0 Å². The number of rotatable bonds is 5. The molecule has 1 aromatic carbocycles. The molecule has 2 rings (SSSR count). The SMILES string of the molecule is N/C(=N/O)c1ccc(CNCC2CCCO2)c(Cl)c1. The number of amidine groups is 1. The average molecular weight is 284 g/mol. The molecule has 0 radical (unpaired) electrons. The number of hydrogen-bond acceptors (Lipinski definition) is 4. The Morgan fingerprint density at radius 2 is 2.42 bits per heavy atom. The number of nitrogens with zero attached hydrogens (tertiary/aromatic N) is 1. The van der Waals surface area contributed by atoms with Crippen LogP contribution in [-0.2, 0) is 11.3 Å². The van der Waals surface area contributed by atoms with Crippen LogP contribution in [0.3, 0.4) is 0 Å². The lowest BCUT2D eigenvalue weighted by molar-refractivity contribution is 0.110. The van der Waals surface area contributed by atoms with Crippen LogP contribution in [0.1, 0.15) is 24.0 Å². The Bertz CT molecular complexity index is 459. The van der Waals surface area contributed by atoms with Gasteiger partial charge in [-0.05, 0) is 24.5 Å². The summed E-state index contributed by atoms with van der Waals surface area (Å²) in [5.74, 6) is 0.0563. The van der Waals surface area contributed by atoms with Gasteiger partial charge in [0, 0.05) is 30.3 Å². The molecule has 0 spiro atoms. The van der Waals surface area contributed by atoms with Gasteiger partial charge in [-0.25, -0.2) is 0 Å². The number of halogens is 1. The molecule has 19 heavy (non-hydrogen) atoms. The number of hydrogen-bond donors (Lipinski definition) is 3. The zero-order valence-corrected chi connectivity index (χ0v) is 11.4. The van der Waals surface area contributed by atoms with Crippen molar-refractivity contribution < 1.29 is 9.94 Å². The van der Waals surface area contributed by atoms with Crippen molar-refractivity contribution in [3.63, 3.8) is 0 Å². The van der Waals surface area contributed by atoms with Crippen molar-refractivity contribution >= 4 is 17.4 Å². The van der Waals surface area contributed by atoms with E-state index in [9.17, 15) is 0 Å². The van der Waals surface area contributed by atoms with E-state index >= 15 is 0 Å². The first-order valence-corrected chi connectivity index (χ1v) is 6.67. The van der Waals surface area contributed by atoms with Crippen LogP contribution in [0.2, 0.25) is 5.02 Å². The van der Waals surface area contributed by atoms with Crippen molar-refractivity contribution in [1.82, 2.24) is 5.32 Å². The Morgan fingerprint density at radius 1 is 1.58 bits per heavy atom. The minimum Gasteiger partial charge on any atom is -0.409 e. The molecule has 1 aliphatic rings. The molecule has 0 aromatic heterocycles. The monoisotopic (exact) mass is 283 g/mol. The van der Waals surface area contributed by atoms with E-state index in [-0.39, 0.29) is 5.84 Å². The van der Waals surface area contributed by atoms with Crippen LogP contribution in [0.4, 0.5) is 0 Å². The van der Waals surface area contributed by atoms with Crippen LogP contribution < -0.4 is 11.1 Å². The van der Waals surface area contributed by atoms with Gasteiger partial charge in [0.2, 0.25) is 0 Å². The molecule has 0 bridgehead atoms. The highest BCUT2D eigenvalue weighted by molar-refractivity contribution is 6.31. The molecule has 1 aromatic rings. The summed E-state index contributed by atoms with van der Waals surface area (Å²) in [6.07, 6.45) is 2.57. The fourth-order valence-corrected chi connectivity index (χ4v) is 2.33. The van der Waals surface area contributed by atoms with Crippen LogP contribution in [0, 0.1) is 0 Å². The van der Waals surface area contributed by atoms with E-state index in [1.54, 1.807) is 12.1 Å². The smallest absolute Gasteiger partial charge is 0.170 e. The zero-order valence-electron chi connectivity index (χ0n) is 10.6. The van der Waals surface area contributed by atoms with Crippen molar-refractivity contribution in [3.05, 3.63) is 34.3 Å². The number of nitrogens with one attached hydrogen (secondary N) is 1. The van der Waals surface area contributed by atoms with E-state index in [0.717, 1.165) is 31.6 Å². The van der Waals surface area contributed by atoms with E-state index in [4.69, 9.17) is 27.3 Å². The van der Waals surface area contributed by atoms with Crippen LogP contribution in [0.25, 0.3) is 0 Å². The maximum Gasteiger partial charge on any atom is 0.170 e. The Labute approximate surface area is 117 Å². The maximum atomic E-state index is 8.60. The Hall–Kier alpha value is -1.30. The van der Waals surface area contributed by atoms with E-state index in [2.05, 4.69) is 10.5 Å². The summed E-state index contributed by atoms with van der Waals surface area (Å²) in [6, 6.07) is 5.35. The van der Waals surface area contributed by atoms with Gasteiger partial charge in [0.05, 0.1) is 6.10 Å². The quantitative estimate of drug-likeness (QED) is 0.333. The fraction of sp³-hybridized carbons (Fsp3) is 0.462. The molecule has 104 valence electrons. The van der Waals surface area contributed by atoms with Gasteiger partial charge in [0.15, 0.2) is 5.84 Å². The van der Waals surface area contributed by atoms with Crippen molar-refractivity contribution in [1.29, 1.82) is 0 Å². The summed E-state index contributed by atoms with van der Waals surface area (Å²) >= 11 is 6.16. The summed E-state index contributed by atoms with van der Waals surface area (Å²) in [6.45, 7) is 2.37. The molecule has 0 amide bonds. The second-order valence-electron chi connectivity index (χ2n) is 4.56. The van der Waals surface area contributed by atoms with E-state index in [0.29, 0.717) is 23.2 Å².